The lowest BCUT2D eigenvalue weighted by Crippen LogP contribution is -2.53. The summed E-state index contributed by atoms with van der Waals surface area (Å²) in [5, 5.41) is 0. The molecule has 0 bridgehead atoms. The molecule has 1 aromatic heterocycles. The van der Waals surface area contributed by atoms with Crippen molar-refractivity contribution in [2.24, 2.45) is 0 Å². The van der Waals surface area contributed by atoms with E-state index in [1.807, 2.05) is 18.0 Å². The number of rotatable bonds is 4. The molecule has 3 aliphatic heterocycles. The van der Waals surface area contributed by atoms with Crippen molar-refractivity contribution in [2.75, 3.05) is 46.5 Å². The van der Waals surface area contributed by atoms with Crippen molar-refractivity contribution in [3.63, 3.8) is 0 Å². The van der Waals surface area contributed by atoms with Crippen molar-refractivity contribution < 1.29 is 19.0 Å². The number of aryl methyl sites for hydroxylation is 1. The van der Waals surface area contributed by atoms with E-state index in [-0.39, 0.29) is 11.5 Å². The second-order valence-corrected chi connectivity index (χ2v) is 8.88. The van der Waals surface area contributed by atoms with Gasteiger partial charge in [-0.3, -0.25) is 19.7 Å². The van der Waals surface area contributed by atoms with E-state index in [2.05, 4.69) is 21.8 Å². The highest BCUT2D eigenvalue weighted by atomic mass is 16.6. The fourth-order valence-corrected chi connectivity index (χ4v) is 4.56. The zero-order chi connectivity index (χ0) is 20.5. The molecule has 0 N–H and O–H groups in total. The first-order valence-electron chi connectivity index (χ1n) is 10.5. The van der Waals surface area contributed by atoms with Crippen LogP contribution in [0.4, 0.5) is 0 Å². The Morgan fingerprint density at radius 3 is 2.83 bits per heavy atom. The minimum absolute atomic E-state index is 0.0882. The first kappa shape index (κ1) is 20.7. The van der Waals surface area contributed by atoms with Crippen molar-refractivity contribution in [3.8, 4) is 0 Å². The first-order valence-corrected chi connectivity index (χ1v) is 10.5. The molecule has 8 nitrogen and oxygen atoms in total. The van der Waals surface area contributed by atoms with E-state index in [1.54, 1.807) is 13.3 Å². The van der Waals surface area contributed by atoms with Gasteiger partial charge in [0.25, 0.3) is 5.91 Å². The Hall–Kier alpha value is -1.61. The van der Waals surface area contributed by atoms with Crippen LogP contribution in [0.15, 0.2) is 12.4 Å². The maximum atomic E-state index is 13.0. The van der Waals surface area contributed by atoms with Crippen LogP contribution >= 0.6 is 0 Å². The number of carbonyl (C=O) groups is 1. The number of piperidine rings is 1. The van der Waals surface area contributed by atoms with Crippen molar-refractivity contribution in [3.05, 3.63) is 23.8 Å². The standard InChI is InChI=1S/C21H32N4O4/c1-16-11-22-12-17(23-16)13-24-8-9-29-21(14-24)10-18(28-15-21)19(26)25-6-4-20(2,27-3)5-7-25/h11-12,18H,4-10,13-15H2,1-3H3/t18-,21-/m0/s1. The quantitative estimate of drug-likeness (QED) is 0.746. The van der Waals surface area contributed by atoms with Gasteiger partial charge in [-0.15, -0.1) is 0 Å². The van der Waals surface area contributed by atoms with Crippen molar-refractivity contribution in [1.82, 2.24) is 19.8 Å². The zero-order valence-electron chi connectivity index (χ0n) is 17.7. The number of hydrogen-bond donors (Lipinski definition) is 0. The number of ether oxygens (including phenoxy) is 3. The Labute approximate surface area is 172 Å². The molecule has 0 aromatic carbocycles. The Bertz CT molecular complexity index is 737. The molecule has 0 unspecified atom stereocenters. The van der Waals surface area contributed by atoms with Crippen LogP contribution in [0.3, 0.4) is 0 Å². The molecule has 8 heteroatoms. The number of aromatic nitrogens is 2. The van der Waals surface area contributed by atoms with Crippen LogP contribution in [0.2, 0.25) is 0 Å². The molecule has 3 aliphatic rings. The molecule has 0 aliphatic carbocycles. The number of methoxy groups -OCH3 is 1. The number of nitrogens with zero attached hydrogens (tertiary/aromatic N) is 4. The number of hydrogen-bond acceptors (Lipinski definition) is 7. The molecule has 2 atom stereocenters. The van der Waals surface area contributed by atoms with Crippen LogP contribution in [0.5, 0.6) is 0 Å². The van der Waals surface area contributed by atoms with Crippen LogP contribution in [0, 0.1) is 6.92 Å². The van der Waals surface area contributed by atoms with E-state index < -0.39 is 11.7 Å². The molecule has 0 radical (unpaired) electrons. The molecule has 3 fully saturated rings. The Morgan fingerprint density at radius 2 is 2.10 bits per heavy atom. The fraction of sp³-hybridized carbons (Fsp3) is 0.762. The topological polar surface area (TPSA) is 77.0 Å². The molecule has 3 saturated heterocycles. The highest BCUT2D eigenvalue weighted by molar-refractivity contribution is 5.81. The predicted molar refractivity (Wildman–Crippen MR) is 106 cm³/mol. The smallest absolute Gasteiger partial charge is 0.251 e. The molecule has 160 valence electrons. The summed E-state index contributed by atoms with van der Waals surface area (Å²) in [7, 11) is 1.75. The molecular formula is C21H32N4O4. The van der Waals surface area contributed by atoms with Gasteiger partial charge >= 0.3 is 0 Å². The van der Waals surface area contributed by atoms with Crippen molar-refractivity contribution in [1.29, 1.82) is 0 Å². The van der Waals surface area contributed by atoms with E-state index in [0.717, 1.165) is 57.0 Å². The van der Waals surface area contributed by atoms with Gasteiger partial charge in [-0.05, 0) is 26.7 Å². The summed E-state index contributed by atoms with van der Waals surface area (Å²) < 4.78 is 17.7. The molecule has 4 rings (SSSR count). The van der Waals surface area contributed by atoms with Gasteiger partial charge in [0.15, 0.2) is 0 Å². The van der Waals surface area contributed by atoms with Gasteiger partial charge in [-0.25, -0.2) is 0 Å². The van der Waals surface area contributed by atoms with Gasteiger partial charge in [0.2, 0.25) is 0 Å². The predicted octanol–water partition coefficient (Wildman–Crippen LogP) is 1.17. The number of morpholine rings is 1. The summed E-state index contributed by atoms with van der Waals surface area (Å²) in [6.07, 6.45) is 5.49. The van der Waals surface area contributed by atoms with Crippen molar-refractivity contribution in [2.45, 2.75) is 57.0 Å². The number of amides is 1. The molecule has 29 heavy (non-hydrogen) atoms. The normalized spacial score (nSPS) is 30.0. The molecule has 1 amide bonds. The Balaban J connectivity index is 1.34. The highest BCUT2D eigenvalue weighted by Gasteiger charge is 2.48. The maximum absolute atomic E-state index is 13.0. The summed E-state index contributed by atoms with van der Waals surface area (Å²) in [6.45, 7) is 8.92. The lowest BCUT2D eigenvalue weighted by Gasteiger charge is -2.40. The Kier molecular flexibility index (Phi) is 5.88. The minimum Gasteiger partial charge on any atom is -0.378 e. The number of carbonyl (C=O) groups excluding carboxylic acids is 1. The van der Waals surface area contributed by atoms with E-state index in [1.165, 1.54) is 0 Å². The maximum Gasteiger partial charge on any atom is 0.251 e. The van der Waals surface area contributed by atoms with Crippen LogP contribution in [0.25, 0.3) is 0 Å². The summed E-state index contributed by atoms with van der Waals surface area (Å²) in [5.41, 5.74) is 1.35. The van der Waals surface area contributed by atoms with Crippen LogP contribution < -0.4 is 0 Å². The summed E-state index contributed by atoms with van der Waals surface area (Å²) >= 11 is 0. The molecule has 0 saturated carbocycles. The van der Waals surface area contributed by atoms with Gasteiger partial charge in [-0.1, -0.05) is 0 Å². The van der Waals surface area contributed by atoms with Gasteiger partial charge < -0.3 is 19.1 Å². The van der Waals surface area contributed by atoms with Gasteiger partial charge in [0.05, 0.1) is 30.2 Å². The second kappa shape index (κ2) is 8.26. The third-order valence-corrected chi connectivity index (χ3v) is 6.52. The fourth-order valence-electron chi connectivity index (χ4n) is 4.56. The lowest BCUT2D eigenvalue weighted by molar-refractivity contribution is -0.145. The molecule has 1 aromatic rings. The van der Waals surface area contributed by atoms with Crippen LogP contribution in [-0.4, -0.2) is 89.5 Å². The average molecular weight is 405 g/mol. The minimum atomic E-state index is -0.416. The van der Waals surface area contributed by atoms with E-state index in [4.69, 9.17) is 14.2 Å². The van der Waals surface area contributed by atoms with Gasteiger partial charge in [-0.2, -0.15) is 0 Å². The van der Waals surface area contributed by atoms with E-state index >= 15 is 0 Å². The Morgan fingerprint density at radius 1 is 1.31 bits per heavy atom. The monoisotopic (exact) mass is 404 g/mol. The molecule has 1 spiro atoms. The third-order valence-electron chi connectivity index (χ3n) is 6.52. The SMILES string of the molecule is COC1(C)CCN(C(=O)[C@@H]2C[C@@]3(CO2)CN(Cc2cncc(C)n2)CCO3)CC1. The number of likely N-dealkylation sites (tertiary alicyclic amines) is 1. The van der Waals surface area contributed by atoms with Crippen LogP contribution in [-0.2, 0) is 25.5 Å². The molecular weight excluding hydrogens is 372 g/mol. The highest BCUT2D eigenvalue weighted by Crippen LogP contribution is 2.34. The van der Waals surface area contributed by atoms with E-state index in [0.29, 0.717) is 19.6 Å². The second-order valence-electron chi connectivity index (χ2n) is 8.88. The van der Waals surface area contributed by atoms with E-state index in [9.17, 15) is 4.79 Å². The van der Waals surface area contributed by atoms with Crippen LogP contribution in [0.1, 0.15) is 37.6 Å². The lowest BCUT2D eigenvalue weighted by atomic mass is 9.92. The molecule has 4 heterocycles. The zero-order valence-corrected chi connectivity index (χ0v) is 17.7. The summed E-state index contributed by atoms with van der Waals surface area (Å²) in [5.74, 6) is 0.0882. The first-order chi connectivity index (χ1) is 13.9. The third kappa shape index (κ3) is 4.60. The summed E-state index contributed by atoms with van der Waals surface area (Å²) in [6, 6.07) is 0. The summed E-state index contributed by atoms with van der Waals surface area (Å²) in [4.78, 5) is 26.1. The van der Waals surface area contributed by atoms with Gasteiger partial charge in [0.1, 0.15) is 11.7 Å². The van der Waals surface area contributed by atoms with Gasteiger partial charge in [0, 0.05) is 58.6 Å². The largest absolute Gasteiger partial charge is 0.378 e. The average Bonchev–Trinajstić information content (AvgIpc) is 3.11. The van der Waals surface area contributed by atoms with Crippen molar-refractivity contribution >= 4 is 5.91 Å².